The second kappa shape index (κ2) is 9.46. The van der Waals surface area contributed by atoms with Crippen molar-refractivity contribution in [3.63, 3.8) is 0 Å². The molecule has 2 aromatic heterocycles. The molecule has 0 saturated heterocycles. The SMILES string of the molecule is O=C(O)CNC(=O)CSc1nnc(-c2ccc(NC(=O)c3cccnc3)cc2)o1. The normalized spacial score (nSPS) is 10.3. The highest BCUT2D eigenvalue weighted by molar-refractivity contribution is 7.99. The number of anilines is 1. The molecular formula is C18H15N5O5S. The van der Waals surface area contributed by atoms with Crippen molar-refractivity contribution in [3.05, 3.63) is 54.4 Å². The van der Waals surface area contributed by atoms with Crippen LogP contribution in [0, 0.1) is 0 Å². The van der Waals surface area contributed by atoms with Crippen LogP contribution in [0.25, 0.3) is 11.5 Å². The lowest BCUT2D eigenvalue weighted by atomic mass is 10.2. The largest absolute Gasteiger partial charge is 0.480 e. The molecule has 0 aliphatic rings. The molecule has 0 aliphatic heterocycles. The monoisotopic (exact) mass is 413 g/mol. The Balaban J connectivity index is 1.56. The van der Waals surface area contributed by atoms with Gasteiger partial charge in [0.2, 0.25) is 11.8 Å². The van der Waals surface area contributed by atoms with Crippen molar-refractivity contribution in [2.24, 2.45) is 0 Å². The van der Waals surface area contributed by atoms with Gasteiger partial charge in [0, 0.05) is 23.6 Å². The van der Waals surface area contributed by atoms with E-state index in [2.05, 4.69) is 25.8 Å². The Bertz CT molecular complexity index is 1010. The van der Waals surface area contributed by atoms with Gasteiger partial charge in [-0.05, 0) is 36.4 Å². The van der Waals surface area contributed by atoms with Crippen LogP contribution < -0.4 is 10.6 Å². The van der Waals surface area contributed by atoms with Crippen molar-refractivity contribution < 1.29 is 23.9 Å². The van der Waals surface area contributed by atoms with E-state index in [1.165, 1.54) is 6.20 Å². The number of hydrogen-bond acceptors (Lipinski definition) is 8. The van der Waals surface area contributed by atoms with Gasteiger partial charge in [-0.3, -0.25) is 19.4 Å². The minimum Gasteiger partial charge on any atom is -0.480 e. The Labute approximate surface area is 168 Å². The second-order valence-electron chi connectivity index (χ2n) is 5.61. The standard InChI is InChI=1S/C18H15N5O5S/c24-14(20-9-15(25)26)10-29-18-23-22-17(28-18)11-3-5-13(6-4-11)21-16(27)12-2-1-7-19-8-12/h1-8H,9-10H2,(H,20,24)(H,21,27)(H,25,26). The Kier molecular flexibility index (Phi) is 6.53. The molecule has 0 atom stereocenters. The topological polar surface area (TPSA) is 147 Å². The van der Waals surface area contributed by atoms with Crippen LogP contribution in [0.2, 0.25) is 0 Å². The van der Waals surface area contributed by atoms with Crippen LogP contribution in [-0.2, 0) is 9.59 Å². The number of benzene rings is 1. The highest BCUT2D eigenvalue weighted by Crippen LogP contribution is 2.24. The zero-order valence-corrected chi connectivity index (χ0v) is 15.7. The maximum atomic E-state index is 12.1. The second-order valence-corrected chi connectivity index (χ2v) is 6.53. The predicted octanol–water partition coefficient (Wildman–Crippen LogP) is 1.68. The number of amides is 2. The van der Waals surface area contributed by atoms with E-state index in [4.69, 9.17) is 9.52 Å². The summed E-state index contributed by atoms with van der Waals surface area (Å²) in [5, 5.41) is 21.5. The van der Waals surface area contributed by atoms with Crippen LogP contribution in [0.5, 0.6) is 0 Å². The van der Waals surface area contributed by atoms with Crippen molar-refractivity contribution in [3.8, 4) is 11.5 Å². The van der Waals surface area contributed by atoms with Gasteiger partial charge < -0.3 is 20.2 Å². The van der Waals surface area contributed by atoms with E-state index in [1.54, 1.807) is 42.6 Å². The van der Waals surface area contributed by atoms with Crippen LogP contribution in [0.15, 0.2) is 58.4 Å². The molecule has 0 spiro atoms. The van der Waals surface area contributed by atoms with Gasteiger partial charge >= 0.3 is 5.97 Å². The molecule has 0 aliphatic carbocycles. The number of rotatable bonds is 8. The summed E-state index contributed by atoms with van der Waals surface area (Å²) in [4.78, 5) is 37.9. The highest BCUT2D eigenvalue weighted by Gasteiger charge is 2.12. The van der Waals surface area contributed by atoms with E-state index >= 15 is 0 Å². The molecule has 2 heterocycles. The molecule has 148 valence electrons. The number of nitrogens with zero attached hydrogens (tertiary/aromatic N) is 3. The fourth-order valence-corrected chi connectivity index (χ4v) is 2.73. The quantitative estimate of drug-likeness (QED) is 0.469. The molecule has 1 aromatic carbocycles. The molecule has 3 rings (SSSR count). The number of aliphatic carboxylic acids is 1. The Morgan fingerprint density at radius 2 is 1.90 bits per heavy atom. The molecular weight excluding hydrogens is 398 g/mol. The lowest BCUT2D eigenvalue weighted by molar-refractivity contribution is -0.137. The van der Waals surface area contributed by atoms with Crippen LogP contribution >= 0.6 is 11.8 Å². The average Bonchev–Trinajstić information content (AvgIpc) is 3.21. The summed E-state index contributed by atoms with van der Waals surface area (Å²) in [6.07, 6.45) is 3.06. The van der Waals surface area contributed by atoms with Crippen LogP contribution in [0.3, 0.4) is 0 Å². The Morgan fingerprint density at radius 1 is 1.10 bits per heavy atom. The first-order chi connectivity index (χ1) is 14.0. The molecule has 3 aromatic rings. The maximum absolute atomic E-state index is 12.1. The summed E-state index contributed by atoms with van der Waals surface area (Å²) in [5.41, 5.74) is 1.67. The number of thioether (sulfide) groups is 1. The molecule has 0 bridgehead atoms. The lowest BCUT2D eigenvalue weighted by Crippen LogP contribution is -2.30. The first-order valence-corrected chi connectivity index (χ1v) is 9.26. The molecule has 0 radical (unpaired) electrons. The molecule has 2 amide bonds. The number of pyridine rings is 1. The molecule has 0 fully saturated rings. The van der Waals surface area contributed by atoms with E-state index in [9.17, 15) is 14.4 Å². The van der Waals surface area contributed by atoms with Gasteiger partial charge in [-0.1, -0.05) is 11.8 Å². The summed E-state index contributed by atoms with van der Waals surface area (Å²) in [6, 6.07) is 10.1. The van der Waals surface area contributed by atoms with Crippen LogP contribution in [0.1, 0.15) is 10.4 Å². The maximum Gasteiger partial charge on any atom is 0.322 e. The van der Waals surface area contributed by atoms with E-state index < -0.39 is 18.4 Å². The number of nitrogens with one attached hydrogen (secondary N) is 2. The van der Waals surface area contributed by atoms with Crippen molar-refractivity contribution in [1.29, 1.82) is 0 Å². The Hall–Kier alpha value is -3.73. The summed E-state index contributed by atoms with van der Waals surface area (Å²) in [7, 11) is 0. The third kappa shape index (κ3) is 5.87. The summed E-state index contributed by atoms with van der Waals surface area (Å²) in [5.74, 6) is -1.64. The number of carboxylic acids is 1. The third-order valence-electron chi connectivity index (χ3n) is 3.48. The smallest absolute Gasteiger partial charge is 0.322 e. The highest BCUT2D eigenvalue weighted by atomic mass is 32.2. The van der Waals surface area contributed by atoms with Crippen molar-refractivity contribution in [2.45, 2.75) is 5.22 Å². The van der Waals surface area contributed by atoms with E-state index in [0.717, 1.165) is 11.8 Å². The Morgan fingerprint density at radius 3 is 2.59 bits per heavy atom. The first kappa shape index (κ1) is 20.0. The number of aromatic nitrogens is 3. The molecule has 3 N–H and O–H groups in total. The number of carbonyl (C=O) groups is 3. The minimum atomic E-state index is -1.12. The van der Waals surface area contributed by atoms with Gasteiger partial charge in [0.05, 0.1) is 11.3 Å². The summed E-state index contributed by atoms with van der Waals surface area (Å²) < 4.78 is 5.48. The third-order valence-corrected chi connectivity index (χ3v) is 4.30. The fourth-order valence-electron chi connectivity index (χ4n) is 2.13. The van der Waals surface area contributed by atoms with Crippen LogP contribution in [0.4, 0.5) is 5.69 Å². The van der Waals surface area contributed by atoms with E-state index in [-0.39, 0.29) is 22.8 Å². The van der Waals surface area contributed by atoms with Gasteiger partial charge in [-0.15, -0.1) is 10.2 Å². The van der Waals surface area contributed by atoms with Gasteiger partial charge in [0.1, 0.15) is 6.54 Å². The van der Waals surface area contributed by atoms with Crippen molar-refractivity contribution >= 4 is 35.2 Å². The minimum absolute atomic E-state index is 0.0474. The van der Waals surface area contributed by atoms with E-state index in [0.29, 0.717) is 16.8 Å². The molecule has 11 heteroatoms. The van der Waals surface area contributed by atoms with Crippen molar-refractivity contribution in [1.82, 2.24) is 20.5 Å². The number of carbonyl (C=O) groups excluding carboxylic acids is 2. The zero-order chi connectivity index (χ0) is 20.6. The fraction of sp³-hybridized carbons (Fsp3) is 0.111. The van der Waals surface area contributed by atoms with Gasteiger partial charge in [-0.25, -0.2) is 0 Å². The molecule has 0 saturated carbocycles. The number of hydrogen-bond donors (Lipinski definition) is 3. The lowest BCUT2D eigenvalue weighted by Gasteiger charge is -2.05. The van der Waals surface area contributed by atoms with Crippen molar-refractivity contribution in [2.75, 3.05) is 17.6 Å². The van der Waals surface area contributed by atoms with Gasteiger partial charge in [0.15, 0.2) is 0 Å². The molecule has 0 unspecified atom stereocenters. The van der Waals surface area contributed by atoms with Gasteiger partial charge in [-0.2, -0.15) is 0 Å². The van der Waals surface area contributed by atoms with E-state index in [1.807, 2.05) is 0 Å². The zero-order valence-electron chi connectivity index (χ0n) is 14.9. The van der Waals surface area contributed by atoms with Gasteiger partial charge in [0.25, 0.3) is 11.1 Å². The molecule has 29 heavy (non-hydrogen) atoms. The average molecular weight is 413 g/mol. The van der Waals surface area contributed by atoms with Crippen LogP contribution in [-0.4, -0.2) is 50.4 Å². The first-order valence-electron chi connectivity index (χ1n) is 8.28. The predicted molar refractivity (Wildman–Crippen MR) is 103 cm³/mol. The number of carboxylic acid groups (broad SMARTS) is 1. The summed E-state index contributed by atoms with van der Waals surface area (Å²) >= 11 is 0.997. The summed E-state index contributed by atoms with van der Waals surface area (Å²) in [6.45, 7) is -0.446. The molecule has 10 nitrogen and oxygen atoms in total.